The van der Waals surface area contributed by atoms with Crippen molar-refractivity contribution >= 4 is 35.0 Å². The number of hydrogen-bond donors (Lipinski definition) is 1. The van der Waals surface area contributed by atoms with Crippen LogP contribution in [0.2, 0.25) is 5.02 Å². The minimum atomic E-state index is -0.467. The Labute approximate surface area is 158 Å². The zero-order valence-electron chi connectivity index (χ0n) is 13.5. The number of nitrogens with one attached hydrogen (secondary N) is 1. The molecule has 0 fully saturated rings. The summed E-state index contributed by atoms with van der Waals surface area (Å²) >= 11 is 7.12. The van der Waals surface area contributed by atoms with Gasteiger partial charge in [0.05, 0.1) is 22.7 Å². The quantitative estimate of drug-likeness (QED) is 0.480. The molecule has 1 aromatic carbocycles. The van der Waals surface area contributed by atoms with Crippen LogP contribution in [0.15, 0.2) is 58.8 Å². The number of rotatable bonds is 7. The number of amides is 1. The van der Waals surface area contributed by atoms with E-state index in [-0.39, 0.29) is 16.7 Å². The lowest BCUT2D eigenvalue weighted by atomic mass is 10.3. The molecule has 0 aliphatic heterocycles. The van der Waals surface area contributed by atoms with Gasteiger partial charge in [-0.3, -0.25) is 9.36 Å². The standard InChI is InChI=1S/C17H14ClFN4O2S/c1-2-7-23-16(14-4-3-8-25-14)21-22-17(23)26-10-15(24)20-13-6-5-11(19)9-12(13)18/h2-6,8-9H,1,7,10H2,(H,20,24). The smallest absolute Gasteiger partial charge is 0.234 e. The van der Waals surface area contributed by atoms with Gasteiger partial charge in [0, 0.05) is 6.54 Å². The van der Waals surface area contributed by atoms with Gasteiger partial charge in [0.25, 0.3) is 0 Å². The summed E-state index contributed by atoms with van der Waals surface area (Å²) in [7, 11) is 0. The number of nitrogens with zero attached hydrogens (tertiary/aromatic N) is 3. The zero-order chi connectivity index (χ0) is 18.5. The fourth-order valence-electron chi connectivity index (χ4n) is 2.18. The molecule has 0 aliphatic rings. The maximum Gasteiger partial charge on any atom is 0.234 e. The molecule has 1 amide bonds. The van der Waals surface area contributed by atoms with Crippen molar-refractivity contribution in [2.45, 2.75) is 11.7 Å². The normalized spacial score (nSPS) is 10.7. The van der Waals surface area contributed by atoms with E-state index in [0.29, 0.717) is 29.0 Å². The van der Waals surface area contributed by atoms with Gasteiger partial charge in [-0.05, 0) is 30.3 Å². The van der Waals surface area contributed by atoms with Gasteiger partial charge >= 0.3 is 0 Å². The molecule has 26 heavy (non-hydrogen) atoms. The molecule has 0 unspecified atom stereocenters. The highest BCUT2D eigenvalue weighted by Gasteiger charge is 2.17. The lowest BCUT2D eigenvalue weighted by molar-refractivity contribution is -0.113. The summed E-state index contributed by atoms with van der Waals surface area (Å²) in [6.07, 6.45) is 3.26. The zero-order valence-corrected chi connectivity index (χ0v) is 15.1. The number of anilines is 1. The average molecular weight is 393 g/mol. The van der Waals surface area contributed by atoms with Crippen LogP contribution in [0.3, 0.4) is 0 Å². The maximum absolute atomic E-state index is 13.1. The summed E-state index contributed by atoms with van der Waals surface area (Å²) in [4.78, 5) is 12.1. The van der Waals surface area contributed by atoms with E-state index in [9.17, 15) is 9.18 Å². The van der Waals surface area contributed by atoms with Crippen LogP contribution < -0.4 is 5.32 Å². The lowest BCUT2D eigenvalue weighted by Crippen LogP contribution is -2.15. The number of hydrogen-bond acceptors (Lipinski definition) is 5. The van der Waals surface area contributed by atoms with Crippen molar-refractivity contribution in [3.63, 3.8) is 0 Å². The van der Waals surface area contributed by atoms with Gasteiger partial charge in [-0.15, -0.1) is 16.8 Å². The second-order valence-corrected chi connectivity index (χ2v) is 6.49. The van der Waals surface area contributed by atoms with E-state index >= 15 is 0 Å². The third kappa shape index (κ3) is 4.14. The second kappa shape index (κ2) is 8.20. The van der Waals surface area contributed by atoms with Gasteiger partial charge in [0.1, 0.15) is 5.82 Å². The Bertz CT molecular complexity index is 927. The van der Waals surface area contributed by atoms with Crippen molar-refractivity contribution in [2.24, 2.45) is 0 Å². The number of carbonyl (C=O) groups is 1. The Morgan fingerprint density at radius 2 is 2.27 bits per heavy atom. The molecule has 0 radical (unpaired) electrons. The van der Waals surface area contributed by atoms with Crippen LogP contribution in [0.25, 0.3) is 11.6 Å². The van der Waals surface area contributed by atoms with Crippen LogP contribution in [-0.2, 0) is 11.3 Å². The van der Waals surface area contributed by atoms with Crippen molar-refractivity contribution < 1.29 is 13.6 Å². The first kappa shape index (κ1) is 18.2. The van der Waals surface area contributed by atoms with E-state index in [1.54, 1.807) is 29.0 Å². The summed E-state index contributed by atoms with van der Waals surface area (Å²) in [5.41, 5.74) is 0.350. The SMILES string of the molecule is C=CCn1c(SCC(=O)Nc2ccc(F)cc2Cl)nnc1-c1ccco1. The Kier molecular flexibility index (Phi) is 5.75. The maximum atomic E-state index is 13.1. The highest BCUT2D eigenvalue weighted by atomic mass is 35.5. The highest BCUT2D eigenvalue weighted by Crippen LogP contribution is 2.26. The highest BCUT2D eigenvalue weighted by molar-refractivity contribution is 7.99. The second-order valence-electron chi connectivity index (χ2n) is 5.14. The van der Waals surface area contributed by atoms with Gasteiger partial charge in [-0.1, -0.05) is 29.4 Å². The number of halogens is 2. The fourth-order valence-corrected chi connectivity index (χ4v) is 3.15. The van der Waals surface area contributed by atoms with E-state index < -0.39 is 5.82 Å². The minimum absolute atomic E-state index is 0.0845. The van der Waals surface area contributed by atoms with Crippen LogP contribution in [0, 0.1) is 5.82 Å². The van der Waals surface area contributed by atoms with Crippen molar-refractivity contribution in [3.05, 3.63) is 60.1 Å². The van der Waals surface area contributed by atoms with Gasteiger partial charge in [0.15, 0.2) is 10.9 Å². The summed E-state index contributed by atoms with van der Waals surface area (Å²) in [6.45, 7) is 4.20. The number of aromatic nitrogens is 3. The number of furan rings is 1. The van der Waals surface area contributed by atoms with Crippen molar-refractivity contribution in [1.82, 2.24) is 14.8 Å². The van der Waals surface area contributed by atoms with Gasteiger partial charge < -0.3 is 9.73 Å². The lowest BCUT2D eigenvalue weighted by Gasteiger charge is -2.08. The predicted molar refractivity (Wildman–Crippen MR) is 98.7 cm³/mol. The van der Waals surface area contributed by atoms with Gasteiger partial charge in [0.2, 0.25) is 11.7 Å². The van der Waals surface area contributed by atoms with Crippen LogP contribution in [-0.4, -0.2) is 26.4 Å². The summed E-state index contributed by atoms with van der Waals surface area (Å²) < 4.78 is 20.2. The summed E-state index contributed by atoms with van der Waals surface area (Å²) in [5, 5.41) is 11.6. The molecule has 134 valence electrons. The first-order chi connectivity index (χ1) is 12.6. The molecule has 0 saturated carbocycles. The molecule has 6 nitrogen and oxygen atoms in total. The minimum Gasteiger partial charge on any atom is -0.461 e. The third-order valence-electron chi connectivity index (χ3n) is 3.31. The van der Waals surface area contributed by atoms with Crippen molar-refractivity contribution in [1.29, 1.82) is 0 Å². The molecule has 3 rings (SSSR count). The van der Waals surface area contributed by atoms with Gasteiger partial charge in [-0.25, -0.2) is 4.39 Å². The van der Waals surface area contributed by atoms with E-state index in [0.717, 1.165) is 6.07 Å². The number of carbonyl (C=O) groups excluding carboxylic acids is 1. The van der Waals surface area contributed by atoms with E-state index in [4.69, 9.17) is 16.0 Å². The van der Waals surface area contributed by atoms with E-state index in [1.807, 2.05) is 0 Å². The van der Waals surface area contributed by atoms with E-state index in [1.165, 1.54) is 23.9 Å². The molecule has 0 aliphatic carbocycles. The van der Waals surface area contributed by atoms with Crippen molar-refractivity contribution in [3.8, 4) is 11.6 Å². The van der Waals surface area contributed by atoms with Crippen LogP contribution in [0.5, 0.6) is 0 Å². The molecule has 0 saturated heterocycles. The summed E-state index contributed by atoms with van der Waals surface area (Å²) in [6, 6.07) is 7.32. The van der Waals surface area contributed by atoms with Crippen LogP contribution >= 0.6 is 23.4 Å². The molecule has 3 aromatic rings. The van der Waals surface area contributed by atoms with Crippen molar-refractivity contribution in [2.75, 3.05) is 11.1 Å². The number of allylic oxidation sites excluding steroid dienone is 1. The monoisotopic (exact) mass is 392 g/mol. The largest absolute Gasteiger partial charge is 0.461 e. The Hall–Kier alpha value is -2.58. The molecule has 9 heteroatoms. The van der Waals surface area contributed by atoms with Crippen LogP contribution in [0.4, 0.5) is 10.1 Å². The average Bonchev–Trinajstić information content (AvgIpc) is 3.26. The van der Waals surface area contributed by atoms with Gasteiger partial charge in [-0.2, -0.15) is 0 Å². The van der Waals surface area contributed by atoms with E-state index in [2.05, 4.69) is 22.1 Å². The molecule has 1 N–H and O–H groups in total. The third-order valence-corrected chi connectivity index (χ3v) is 4.59. The molecule has 0 bridgehead atoms. The van der Waals surface area contributed by atoms with Crippen LogP contribution in [0.1, 0.15) is 0 Å². The Morgan fingerprint density at radius 1 is 1.42 bits per heavy atom. The molecule has 0 atom stereocenters. The summed E-state index contributed by atoms with van der Waals surface area (Å²) in [5.74, 6) is 0.455. The fraction of sp³-hybridized carbons (Fsp3) is 0.118. The molecule has 0 spiro atoms. The Balaban J connectivity index is 1.69. The molecular weight excluding hydrogens is 379 g/mol. The molecule has 2 heterocycles. The molecular formula is C17H14ClFN4O2S. The number of benzene rings is 1. The predicted octanol–water partition coefficient (Wildman–Crippen LogP) is 4.25. The first-order valence-corrected chi connectivity index (χ1v) is 8.90. The number of thioether (sulfide) groups is 1. The Morgan fingerprint density at radius 3 is 2.96 bits per heavy atom. The molecule has 2 aromatic heterocycles. The topological polar surface area (TPSA) is 73.0 Å². The first-order valence-electron chi connectivity index (χ1n) is 7.54.